The summed E-state index contributed by atoms with van der Waals surface area (Å²) >= 11 is 0. The summed E-state index contributed by atoms with van der Waals surface area (Å²) in [6.07, 6.45) is 6.65. The maximum atomic E-state index is 12.0. The molecule has 0 radical (unpaired) electrons. The zero-order valence-electron chi connectivity index (χ0n) is 15.8. The lowest BCUT2D eigenvalue weighted by Gasteiger charge is -2.37. The molecule has 0 N–H and O–H groups in total. The molecule has 2 aliphatic rings. The Bertz CT molecular complexity index is 575. The molecule has 1 saturated heterocycles. The Morgan fingerprint density at radius 2 is 1.88 bits per heavy atom. The first kappa shape index (κ1) is 18.1. The quantitative estimate of drug-likeness (QED) is 0.753. The number of ether oxygens (including phenoxy) is 2. The fourth-order valence-electron chi connectivity index (χ4n) is 3.90. The number of nitrogens with zero attached hydrogens (tertiary/aromatic N) is 1. The van der Waals surface area contributed by atoms with Crippen molar-refractivity contribution in [3.63, 3.8) is 0 Å². The smallest absolute Gasteiger partial charge is 0.410 e. The zero-order chi connectivity index (χ0) is 17.9. The van der Waals surface area contributed by atoms with Gasteiger partial charge in [0.15, 0.2) is 0 Å². The number of cyclic esters (lactones) is 1. The first-order valence-corrected chi connectivity index (χ1v) is 9.60. The van der Waals surface area contributed by atoms with Gasteiger partial charge in [-0.2, -0.15) is 0 Å². The van der Waals surface area contributed by atoms with Crippen LogP contribution < -0.4 is 4.74 Å². The highest BCUT2D eigenvalue weighted by Crippen LogP contribution is 2.29. The van der Waals surface area contributed by atoms with Crippen LogP contribution >= 0.6 is 0 Å². The van der Waals surface area contributed by atoms with E-state index in [0.29, 0.717) is 19.1 Å². The van der Waals surface area contributed by atoms with Gasteiger partial charge in [-0.25, -0.2) is 4.79 Å². The van der Waals surface area contributed by atoms with E-state index in [-0.39, 0.29) is 17.6 Å². The van der Waals surface area contributed by atoms with Gasteiger partial charge in [0.1, 0.15) is 5.75 Å². The van der Waals surface area contributed by atoms with Crippen molar-refractivity contribution >= 4 is 6.09 Å². The van der Waals surface area contributed by atoms with Gasteiger partial charge in [-0.1, -0.05) is 45.2 Å². The largest absolute Gasteiger partial charge is 0.490 e. The summed E-state index contributed by atoms with van der Waals surface area (Å²) in [6, 6.07) is 8.15. The molecule has 25 heavy (non-hydrogen) atoms. The Morgan fingerprint density at radius 1 is 1.20 bits per heavy atom. The van der Waals surface area contributed by atoms with Crippen molar-refractivity contribution in [2.45, 2.75) is 65.5 Å². The van der Waals surface area contributed by atoms with Gasteiger partial charge >= 0.3 is 6.09 Å². The molecular formula is C21H31NO3. The van der Waals surface area contributed by atoms with Gasteiger partial charge in [0.25, 0.3) is 0 Å². The number of rotatable bonds is 5. The summed E-state index contributed by atoms with van der Waals surface area (Å²) < 4.78 is 11.4. The summed E-state index contributed by atoms with van der Waals surface area (Å²) in [4.78, 5) is 13.7. The van der Waals surface area contributed by atoms with Crippen molar-refractivity contribution < 1.29 is 14.3 Å². The lowest BCUT2D eigenvalue weighted by molar-refractivity contribution is 0.00679. The predicted octanol–water partition coefficient (Wildman–Crippen LogP) is 5.01. The molecule has 138 valence electrons. The Labute approximate surface area is 151 Å². The highest BCUT2D eigenvalue weighted by molar-refractivity contribution is 5.68. The molecule has 1 aliphatic heterocycles. The molecule has 1 heterocycles. The molecule has 1 aliphatic carbocycles. The fraction of sp³-hybridized carbons (Fsp3) is 0.667. The Balaban J connectivity index is 1.55. The van der Waals surface area contributed by atoms with Crippen LogP contribution in [0.1, 0.15) is 58.4 Å². The zero-order valence-corrected chi connectivity index (χ0v) is 15.8. The van der Waals surface area contributed by atoms with E-state index in [4.69, 9.17) is 9.47 Å². The lowest BCUT2D eigenvalue weighted by atomic mass is 9.86. The SMILES string of the molecule is CC(Oc1ccc(CN2CC(C)(C)COC2=O)cc1)C1CCCCC1. The minimum absolute atomic E-state index is 0.00634. The third-order valence-corrected chi connectivity index (χ3v) is 5.40. The molecule has 4 heteroatoms. The van der Waals surface area contributed by atoms with E-state index in [9.17, 15) is 4.79 Å². The van der Waals surface area contributed by atoms with Crippen LogP contribution in [-0.2, 0) is 11.3 Å². The van der Waals surface area contributed by atoms with Crippen molar-refractivity contribution in [1.82, 2.24) is 4.90 Å². The lowest BCUT2D eigenvalue weighted by Crippen LogP contribution is -2.46. The molecule has 1 atom stereocenters. The van der Waals surface area contributed by atoms with E-state index < -0.39 is 0 Å². The average molecular weight is 345 g/mol. The third-order valence-electron chi connectivity index (χ3n) is 5.40. The Morgan fingerprint density at radius 3 is 2.56 bits per heavy atom. The molecule has 1 unspecified atom stereocenters. The molecule has 0 spiro atoms. The van der Waals surface area contributed by atoms with Crippen LogP contribution in [0.5, 0.6) is 5.75 Å². The Kier molecular flexibility index (Phi) is 5.55. The third kappa shape index (κ3) is 4.90. The standard InChI is InChI=1S/C21H31NO3/c1-16(18-7-5-4-6-8-18)25-19-11-9-17(10-12-19)13-22-14-21(2,3)15-24-20(22)23/h9-12,16,18H,4-8,13-15H2,1-3H3. The maximum Gasteiger partial charge on any atom is 0.410 e. The van der Waals surface area contributed by atoms with E-state index in [0.717, 1.165) is 17.9 Å². The molecule has 0 aromatic heterocycles. The first-order valence-electron chi connectivity index (χ1n) is 9.60. The molecule has 4 nitrogen and oxygen atoms in total. The normalized spacial score (nSPS) is 22.4. The fourth-order valence-corrected chi connectivity index (χ4v) is 3.90. The van der Waals surface area contributed by atoms with E-state index in [1.165, 1.54) is 32.1 Å². The van der Waals surface area contributed by atoms with Gasteiger partial charge < -0.3 is 14.4 Å². The van der Waals surface area contributed by atoms with Crippen LogP contribution in [0.2, 0.25) is 0 Å². The Hall–Kier alpha value is -1.71. The summed E-state index contributed by atoms with van der Waals surface area (Å²) in [5.41, 5.74) is 1.11. The number of amides is 1. The van der Waals surface area contributed by atoms with E-state index in [1.807, 2.05) is 12.1 Å². The summed E-state index contributed by atoms with van der Waals surface area (Å²) in [5, 5.41) is 0. The molecule has 1 aromatic rings. The monoisotopic (exact) mass is 345 g/mol. The van der Waals surface area contributed by atoms with Gasteiger partial charge in [0.2, 0.25) is 0 Å². The minimum atomic E-state index is -0.217. The topological polar surface area (TPSA) is 38.8 Å². The van der Waals surface area contributed by atoms with Crippen molar-refractivity contribution in [2.24, 2.45) is 11.3 Å². The van der Waals surface area contributed by atoms with E-state index in [2.05, 4.69) is 32.9 Å². The summed E-state index contributed by atoms with van der Waals surface area (Å²) in [5.74, 6) is 1.60. The first-order chi connectivity index (χ1) is 11.9. The van der Waals surface area contributed by atoms with Crippen molar-refractivity contribution in [1.29, 1.82) is 0 Å². The predicted molar refractivity (Wildman–Crippen MR) is 98.6 cm³/mol. The van der Waals surface area contributed by atoms with Crippen LogP contribution in [0.3, 0.4) is 0 Å². The van der Waals surface area contributed by atoms with Crippen LogP contribution in [-0.4, -0.2) is 30.2 Å². The van der Waals surface area contributed by atoms with Crippen LogP contribution in [0.4, 0.5) is 4.79 Å². The number of carbonyl (C=O) groups is 1. The second kappa shape index (κ2) is 7.67. The molecular weight excluding hydrogens is 314 g/mol. The molecule has 2 fully saturated rings. The molecule has 1 aromatic carbocycles. The van der Waals surface area contributed by atoms with E-state index >= 15 is 0 Å². The van der Waals surface area contributed by atoms with Crippen LogP contribution in [0, 0.1) is 11.3 Å². The molecule has 1 saturated carbocycles. The second-order valence-electron chi connectivity index (χ2n) is 8.44. The highest BCUT2D eigenvalue weighted by atomic mass is 16.6. The molecule has 0 bridgehead atoms. The summed E-state index contributed by atoms with van der Waals surface area (Å²) in [6.45, 7) is 8.24. The average Bonchev–Trinajstić information content (AvgIpc) is 2.60. The van der Waals surface area contributed by atoms with Crippen molar-refractivity contribution in [2.75, 3.05) is 13.2 Å². The van der Waals surface area contributed by atoms with Crippen LogP contribution in [0.15, 0.2) is 24.3 Å². The van der Waals surface area contributed by atoms with Crippen molar-refractivity contribution in [3.8, 4) is 5.75 Å². The molecule has 1 amide bonds. The number of benzene rings is 1. The molecule has 3 rings (SSSR count). The minimum Gasteiger partial charge on any atom is -0.490 e. The van der Waals surface area contributed by atoms with Gasteiger partial charge in [-0.15, -0.1) is 0 Å². The number of carbonyl (C=O) groups excluding carboxylic acids is 1. The number of hydrogen-bond donors (Lipinski definition) is 0. The van der Waals surface area contributed by atoms with Gasteiger partial charge in [-0.3, -0.25) is 0 Å². The second-order valence-corrected chi connectivity index (χ2v) is 8.44. The van der Waals surface area contributed by atoms with Gasteiger partial charge in [0, 0.05) is 18.5 Å². The van der Waals surface area contributed by atoms with Gasteiger partial charge in [0.05, 0.1) is 12.7 Å². The highest BCUT2D eigenvalue weighted by Gasteiger charge is 2.32. The maximum absolute atomic E-state index is 12.0. The van der Waals surface area contributed by atoms with E-state index in [1.54, 1.807) is 4.90 Å². The van der Waals surface area contributed by atoms with Crippen molar-refractivity contribution in [3.05, 3.63) is 29.8 Å². The van der Waals surface area contributed by atoms with Crippen LogP contribution in [0.25, 0.3) is 0 Å². The van der Waals surface area contributed by atoms with Gasteiger partial charge in [-0.05, 0) is 43.4 Å². The number of hydrogen-bond acceptors (Lipinski definition) is 3. The summed E-state index contributed by atoms with van der Waals surface area (Å²) in [7, 11) is 0.